The topological polar surface area (TPSA) is 50.7 Å². The van der Waals surface area contributed by atoms with Crippen LogP contribution in [0.3, 0.4) is 0 Å². The third-order valence-electron chi connectivity index (χ3n) is 3.08. The standard InChI is InChI=1S/C14H21NO3/c1-10-5-4-6-11(13(10)16)7-15-8-12-9-17-14(2,3)18-12/h4-6,12,15-16H,7-9H2,1-3H3. The van der Waals surface area contributed by atoms with Crippen LogP contribution in [0.15, 0.2) is 18.2 Å². The van der Waals surface area contributed by atoms with Gasteiger partial charge in [0.2, 0.25) is 0 Å². The van der Waals surface area contributed by atoms with Crippen molar-refractivity contribution in [3.8, 4) is 5.75 Å². The molecule has 1 aromatic carbocycles. The number of phenols is 1. The van der Waals surface area contributed by atoms with Crippen molar-refractivity contribution in [2.24, 2.45) is 0 Å². The highest BCUT2D eigenvalue weighted by atomic mass is 16.7. The molecule has 1 aliphatic rings. The highest BCUT2D eigenvalue weighted by molar-refractivity contribution is 5.39. The molecule has 0 aliphatic carbocycles. The molecular weight excluding hydrogens is 230 g/mol. The maximum absolute atomic E-state index is 9.88. The van der Waals surface area contributed by atoms with Crippen molar-refractivity contribution in [3.63, 3.8) is 0 Å². The van der Waals surface area contributed by atoms with Crippen LogP contribution in [0.4, 0.5) is 0 Å². The first-order chi connectivity index (χ1) is 8.48. The second-order valence-corrected chi connectivity index (χ2v) is 5.16. The van der Waals surface area contributed by atoms with E-state index in [4.69, 9.17) is 9.47 Å². The van der Waals surface area contributed by atoms with Crippen LogP contribution in [0, 0.1) is 6.92 Å². The molecule has 2 rings (SSSR count). The molecule has 2 N–H and O–H groups in total. The Kier molecular flexibility index (Phi) is 3.90. The monoisotopic (exact) mass is 251 g/mol. The van der Waals surface area contributed by atoms with E-state index in [1.807, 2.05) is 39.0 Å². The predicted molar refractivity (Wildman–Crippen MR) is 69.5 cm³/mol. The maximum Gasteiger partial charge on any atom is 0.163 e. The molecule has 0 amide bonds. The lowest BCUT2D eigenvalue weighted by molar-refractivity contribution is -0.137. The van der Waals surface area contributed by atoms with Crippen LogP contribution in [0.5, 0.6) is 5.75 Å². The first kappa shape index (κ1) is 13.3. The fraction of sp³-hybridized carbons (Fsp3) is 0.571. The number of hydrogen-bond acceptors (Lipinski definition) is 4. The van der Waals surface area contributed by atoms with Gasteiger partial charge >= 0.3 is 0 Å². The quantitative estimate of drug-likeness (QED) is 0.858. The minimum absolute atomic E-state index is 0.0759. The van der Waals surface area contributed by atoms with Crippen molar-refractivity contribution in [3.05, 3.63) is 29.3 Å². The van der Waals surface area contributed by atoms with E-state index in [1.165, 1.54) is 0 Å². The van der Waals surface area contributed by atoms with Gasteiger partial charge in [0.15, 0.2) is 5.79 Å². The lowest BCUT2D eigenvalue weighted by Crippen LogP contribution is -2.30. The molecule has 1 atom stereocenters. The minimum atomic E-state index is -0.474. The van der Waals surface area contributed by atoms with E-state index in [0.717, 1.165) is 17.7 Å². The zero-order valence-corrected chi connectivity index (χ0v) is 11.2. The summed E-state index contributed by atoms with van der Waals surface area (Å²) in [5.74, 6) is -0.105. The third-order valence-corrected chi connectivity index (χ3v) is 3.08. The van der Waals surface area contributed by atoms with Crippen LogP contribution in [0.1, 0.15) is 25.0 Å². The van der Waals surface area contributed by atoms with Crippen molar-refractivity contribution >= 4 is 0 Å². The predicted octanol–water partition coefficient (Wildman–Crippen LogP) is 1.94. The van der Waals surface area contributed by atoms with Gasteiger partial charge in [0.25, 0.3) is 0 Å². The number of rotatable bonds is 4. The van der Waals surface area contributed by atoms with Crippen LogP contribution in [-0.2, 0) is 16.0 Å². The fourth-order valence-corrected chi connectivity index (χ4v) is 2.09. The molecule has 1 unspecified atom stereocenters. The molecule has 18 heavy (non-hydrogen) atoms. The third kappa shape index (κ3) is 3.22. The second-order valence-electron chi connectivity index (χ2n) is 5.16. The Bertz CT molecular complexity index is 418. The average Bonchev–Trinajstić information content (AvgIpc) is 2.64. The van der Waals surface area contributed by atoms with Crippen LogP contribution in [-0.4, -0.2) is 30.1 Å². The van der Waals surface area contributed by atoms with Crippen molar-refractivity contribution < 1.29 is 14.6 Å². The zero-order valence-electron chi connectivity index (χ0n) is 11.2. The summed E-state index contributed by atoms with van der Waals surface area (Å²) in [6.45, 7) is 7.69. The Labute approximate surface area is 108 Å². The van der Waals surface area contributed by atoms with Crippen molar-refractivity contribution in [1.82, 2.24) is 5.32 Å². The Morgan fingerprint density at radius 1 is 1.44 bits per heavy atom. The van der Waals surface area contributed by atoms with E-state index in [0.29, 0.717) is 18.9 Å². The van der Waals surface area contributed by atoms with Gasteiger partial charge in [-0.05, 0) is 26.3 Å². The van der Waals surface area contributed by atoms with Gasteiger partial charge in [0, 0.05) is 18.7 Å². The molecule has 4 heteroatoms. The first-order valence-corrected chi connectivity index (χ1v) is 6.28. The summed E-state index contributed by atoms with van der Waals surface area (Å²) in [5, 5.41) is 13.2. The van der Waals surface area contributed by atoms with E-state index in [1.54, 1.807) is 0 Å². The summed E-state index contributed by atoms with van der Waals surface area (Å²) in [7, 11) is 0. The molecule has 1 aromatic rings. The van der Waals surface area contributed by atoms with E-state index < -0.39 is 5.79 Å². The highest BCUT2D eigenvalue weighted by Crippen LogP contribution is 2.23. The van der Waals surface area contributed by atoms with Gasteiger partial charge in [-0.3, -0.25) is 0 Å². The Morgan fingerprint density at radius 2 is 2.22 bits per heavy atom. The Balaban J connectivity index is 1.81. The number of phenolic OH excluding ortho intramolecular Hbond substituents is 1. The lowest BCUT2D eigenvalue weighted by atomic mass is 10.1. The van der Waals surface area contributed by atoms with Crippen LogP contribution < -0.4 is 5.32 Å². The van der Waals surface area contributed by atoms with Gasteiger partial charge in [-0.15, -0.1) is 0 Å². The summed E-state index contributed by atoms with van der Waals surface area (Å²) >= 11 is 0. The summed E-state index contributed by atoms with van der Waals surface area (Å²) < 4.78 is 11.2. The normalized spacial score (nSPS) is 22.3. The van der Waals surface area contributed by atoms with Crippen molar-refractivity contribution in [2.75, 3.05) is 13.2 Å². The summed E-state index contributed by atoms with van der Waals surface area (Å²) in [6.07, 6.45) is 0.0759. The number of hydrogen-bond donors (Lipinski definition) is 2. The Morgan fingerprint density at radius 3 is 2.89 bits per heavy atom. The van der Waals surface area contributed by atoms with E-state index in [2.05, 4.69) is 5.32 Å². The number of aryl methyl sites for hydroxylation is 1. The zero-order chi connectivity index (χ0) is 13.2. The SMILES string of the molecule is Cc1cccc(CNCC2COC(C)(C)O2)c1O. The second kappa shape index (κ2) is 5.26. The number of ether oxygens (including phenoxy) is 2. The summed E-state index contributed by atoms with van der Waals surface area (Å²) in [5.41, 5.74) is 1.81. The van der Waals surface area contributed by atoms with E-state index in [9.17, 15) is 5.11 Å². The van der Waals surface area contributed by atoms with Gasteiger partial charge in [-0.2, -0.15) is 0 Å². The van der Waals surface area contributed by atoms with Crippen molar-refractivity contribution in [2.45, 2.75) is 39.2 Å². The Hall–Kier alpha value is -1.10. The number of para-hydroxylation sites is 1. The molecule has 1 fully saturated rings. The summed E-state index contributed by atoms with van der Waals surface area (Å²) in [4.78, 5) is 0. The number of aromatic hydroxyl groups is 1. The number of benzene rings is 1. The van der Waals surface area contributed by atoms with E-state index in [-0.39, 0.29) is 6.10 Å². The maximum atomic E-state index is 9.88. The number of nitrogens with one attached hydrogen (secondary N) is 1. The summed E-state index contributed by atoms with van der Waals surface area (Å²) in [6, 6.07) is 5.77. The van der Waals surface area contributed by atoms with Gasteiger partial charge in [-0.25, -0.2) is 0 Å². The lowest BCUT2D eigenvalue weighted by Gasteiger charge is -2.17. The van der Waals surface area contributed by atoms with Crippen LogP contribution >= 0.6 is 0 Å². The molecule has 0 bridgehead atoms. The minimum Gasteiger partial charge on any atom is -0.507 e. The fourth-order valence-electron chi connectivity index (χ4n) is 2.09. The van der Waals surface area contributed by atoms with Crippen molar-refractivity contribution in [1.29, 1.82) is 0 Å². The highest BCUT2D eigenvalue weighted by Gasteiger charge is 2.32. The van der Waals surface area contributed by atoms with Gasteiger partial charge in [-0.1, -0.05) is 18.2 Å². The van der Waals surface area contributed by atoms with Gasteiger partial charge in [0.05, 0.1) is 12.7 Å². The van der Waals surface area contributed by atoms with Gasteiger partial charge in [0.1, 0.15) is 5.75 Å². The van der Waals surface area contributed by atoms with Gasteiger partial charge < -0.3 is 19.9 Å². The molecule has 0 aromatic heterocycles. The first-order valence-electron chi connectivity index (χ1n) is 6.28. The average molecular weight is 251 g/mol. The van der Waals surface area contributed by atoms with E-state index >= 15 is 0 Å². The van der Waals surface area contributed by atoms with Crippen LogP contribution in [0.25, 0.3) is 0 Å². The molecule has 0 saturated carbocycles. The molecule has 1 saturated heterocycles. The molecule has 1 aliphatic heterocycles. The smallest absolute Gasteiger partial charge is 0.163 e. The molecule has 0 radical (unpaired) electrons. The molecular formula is C14H21NO3. The van der Waals surface area contributed by atoms with Crippen LogP contribution in [0.2, 0.25) is 0 Å². The molecule has 4 nitrogen and oxygen atoms in total. The molecule has 0 spiro atoms. The molecule has 1 heterocycles. The largest absolute Gasteiger partial charge is 0.507 e. The molecule has 100 valence electrons.